The Hall–Kier alpha value is -4.22. The molecule has 0 amide bonds. The van der Waals surface area contributed by atoms with E-state index >= 15 is 0 Å². The van der Waals surface area contributed by atoms with Gasteiger partial charge in [-0.05, 0) is 72.1 Å². The normalized spacial score (nSPS) is 17.0. The molecule has 1 aliphatic heterocycles. The van der Waals surface area contributed by atoms with Crippen LogP contribution in [0.3, 0.4) is 0 Å². The SMILES string of the molecule is Nc1nc2cc(-c3ccc(CCCc4ccccc4)cc3)ccc2c(=O)n1CC1CCC(c2ccccc2)O1. The summed E-state index contributed by atoms with van der Waals surface area (Å²) >= 11 is 0. The highest BCUT2D eigenvalue weighted by Gasteiger charge is 2.27. The smallest absolute Gasteiger partial charge is 0.262 e. The fourth-order valence-corrected chi connectivity index (χ4v) is 5.56. The van der Waals surface area contributed by atoms with Gasteiger partial charge in [0.2, 0.25) is 5.95 Å². The number of aryl methyl sites for hydroxylation is 2. The molecule has 1 fully saturated rings. The molecule has 5 heteroatoms. The monoisotopic (exact) mass is 515 g/mol. The number of hydrogen-bond donors (Lipinski definition) is 1. The summed E-state index contributed by atoms with van der Waals surface area (Å²) in [6, 6.07) is 35.3. The van der Waals surface area contributed by atoms with Gasteiger partial charge in [0.1, 0.15) is 0 Å². The highest BCUT2D eigenvalue weighted by Crippen LogP contribution is 2.33. The van der Waals surface area contributed by atoms with E-state index in [0.29, 0.717) is 17.4 Å². The summed E-state index contributed by atoms with van der Waals surface area (Å²) in [5.41, 5.74) is 12.8. The van der Waals surface area contributed by atoms with Gasteiger partial charge in [-0.15, -0.1) is 0 Å². The molecule has 196 valence electrons. The molecular weight excluding hydrogens is 482 g/mol. The fraction of sp³-hybridized carbons (Fsp3) is 0.235. The lowest BCUT2D eigenvalue weighted by Gasteiger charge is -2.17. The first-order valence-corrected chi connectivity index (χ1v) is 13.8. The van der Waals surface area contributed by atoms with Crippen LogP contribution in [0.25, 0.3) is 22.0 Å². The lowest BCUT2D eigenvalue weighted by atomic mass is 9.99. The Labute approximate surface area is 228 Å². The van der Waals surface area contributed by atoms with Crippen LogP contribution < -0.4 is 11.3 Å². The Balaban J connectivity index is 1.14. The van der Waals surface area contributed by atoms with Crippen LogP contribution in [0.4, 0.5) is 5.95 Å². The highest BCUT2D eigenvalue weighted by molar-refractivity contribution is 5.84. The Morgan fingerprint density at radius 3 is 2.21 bits per heavy atom. The second kappa shape index (κ2) is 11.3. The van der Waals surface area contributed by atoms with Crippen molar-refractivity contribution >= 4 is 16.9 Å². The van der Waals surface area contributed by atoms with Gasteiger partial charge in [0.15, 0.2) is 0 Å². The number of ether oxygens (including phenoxy) is 1. The van der Waals surface area contributed by atoms with Crippen LogP contribution in [0.15, 0.2) is 108 Å². The van der Waals surface area contributed by atoms with E-state index in [1.54, 1.807) is 4.57 Å². The van der Waals surface area contributed by atoms with Crippen molar-refractivity contribution in [1.29, 1.82) is 0 Å². The van der Waals surface area contributed by atoms with Crippen molar-refractivity contribution in [3.05, 3.63) is 130 Å². The number of fused-ring (bicyclic) bond motifs is 1. The molecule has 39 heavy (non-hydrogen) atoms. The Morgan fingerprint density at radius 1 is 0.795 bits per heavy atom. The van der Waals surface area contributed by atoms with E-state index in [9.17, 15) is 4.79 Å². The van der Waals surface area contributed by atoms with Gasteiger partial charge >= 0.3 is 0 Å². The van der Waals surface area contributed by atoms with E-state index in [2.05, 4.69) is 71.7 Å². The topological polar surface area (TPSA) is 70.1 Å². The summed E-state index contributed by atoms with van der Waals surface area (Å²) in [6.07, 6.45) is 5.04. The van der Waals surface area contributed by atoms with E-state index < -0.39 is 0 Å². The largest absolute Gasteiger partial charge is 0.369 e. The second-order valence-corrected chi connectivity index (χ2v) is 10.4. The van der Waals surface area contributed by atoms with Crippen molar-refractivity contribution < 1.29 is 4.74 Å². The molecule has 0 radical (unpaired) electrons. The molecule has 5 nitrogen and oxygen atoms in total. The molecule has 4 aromatic carbocycles. The zero-order chi connectivity index (χ0) is 26.6. The molecule has 2 N–H and O–H groups in total. The number of benzene rings is 4. The molecule has 5 aromatic rings. The molecule has 2 atom stereocenters. The van der Waals surface area contributed by atoms with Gasteiger partial charge < -0.3 is 10.5 Å². The minimum absolute atomic E-state index is 0.0550. The molecular formula is C34H33N3O2. The maximum Gasteiger partial charge on any atom is 0.262 e. The molecule has 0 bridgehead atoms. The summed E-state index contributed by atoms with van der Waals surface area (Å²) in [5, 5.41) is 0.572. The molecule has 0 aliphatic carbocycles. The predicted molar refractivity (Wildman–Crippen MR) is 158 cm³/mol. The number of nitrogens with zero attached hydrogens (tertiary/aromatic N) is 2. The summed E-state index contributed by atoms with van der Waals surface area (Å²) in [4.78, 5) is 18.0. The quantitative estimate of drug-likeness (QED) is 0.248. The van der Waals surface area contributed by atoms with Crippen molar-refractivity contribution in [3.8, 4) is 11.1 Å². The van der Waals surface area contributed by atoms with Crippen LogP contribution in [0.5, 0.6) is 0 Å². The van der Waals surface area contributed by atoms with E-state index in [1.807, 2.05) is 36.4 Å². The predicted octanol–water partition coefficient (Wildman–Crippen LogP) is 6.74. The van der Waals surface area contributed by atoms with Gasteiger partial charge in [-0.3, -0.25) is 9.36 Å². The third kappa shape index (κ3) is 5.64. The third-order valence-electron chi connectivity index (χ3n) is 7.71. The molecule has 2 unspecified atom stereocenters. The highest BCUT2D eigenvalue weighted by atomic mass is 16.5. The molecule has 1 aliphatic rings. The van der Waals surface area contributed by atoms with Crippen molar-refractivity contribution in [2.24, 2.45) is 0 Å². The van der Waals surface area contributed by atoms with E-state index in [1.165, 1.54) is 16.7 Å². The summed E-state index contributed by atoms with van der Waals surface area (Å²) in [7, 11) is 0. The minimum atomic E-state index is -0.121. The summed E-state index contributed by atoms with van der Waals surface area (Å²) < 4.78 is 7.82. The van der Waals surface area contributed by atoms with Crippen LogP contribution in [0, 0.1) is 0 Å². The van der Waals surface area contributed by atoms with Crippen LogP contribution >= 0.6 is 0 Å². The van der Waals surface area contributed by atoms with Crippen LogP contribution in [-0.4, -0.2) is 15.7 Å². The molecule has 1 saturated heterocycles. The molecule has 6 rings (SSSR count). The van der Waals surface area contributed by atoms with Gasteiger partial charge in [0.05, 0.1) is 29.7 Å². The second-order valence-electron chi connectivity index (χ2n) is 10.4. The number of nitrogen functional groups attached to an aromatic ring is 1. The maximum atomic E-state index is 13.4. The molecule has 1 aromatic heterocycles. The number of hydrogen-bond acceptors (Lipinski definition) is 4. The van der Waals surface area contributed by atoms with E-state index in [0.717, 1.165) is 43.2 Å². The maximum absolute atomic E-state index is 13.4. The Bertz CT molecular complexity index is 1610. The van der Waals surface area contributed by atoms with Crippen molar-refractivity contribution in [2.75, 3.05) is 5.73 Å². The van der Waals surface area contributed by atoms with E-state index in [-0.39, 0.29) is 23.7 Å². The molecule has 2 heterocycles. The Morgan fingerprint density at radius 2 is 1.46 bits per heavy atom. The average molecular weight is 516 g/mol. The first-order chi connectivity index (χ1) is 19.1. The number of nitrogens with two attached hydrogens (primary N) is 1. The van der Waals surface area contributed by atoms with Gasteiger partial charge in [-0.1, -0.05) is 91.0 Å². The van der Waals surface area contributed by atoms with Crippen LogP contribution in [0.1, 0.15) is 42.1 Å². The number of aromatic nitrogens is 2. The van der Waals surface area contributed by atoms with Gasteiger partial charge in [0, 0.05) is 0 Å². The van der Waals surface area contributed by atoms with Crippen molar-refractivity contribution in [2.45, 2.75) is 50.9 Å². The number of anilines is 1. The van der Waals surface area contributed by atoms with Gasteiger partial charge in [0.25, 0.3) is 5.56 Å². The van der Waals surface area contributed by atoms with E-state index in [4.69, 9.17) is 10.5 Å². The molecule has 0 saturated carbocycles. The third-order valence-corrected chi connectivity index (χ3v) is 7.71. The summed E-state index contributed by atoms with van der Waals surface area (Å²) in [5.74, 6) is 0.227. The van der Waals surface area contributed by atoms with Crippen LogP contribution in [0.2, 0.25) is 0 Å². The van der Waals surface area contributed by atoms with Gasteiger partial charge in [-0.2, -0.15) is 0 Å². The standard InChI is InChI=1S/C34H33N3O2/c35-34-36-31-22-28(26-16-14-25(15-17-26)11-7-10-24-8-3-1-4-9-24)18-20-30(31)33(38)37(34)23-29-19-21-32(39-29)27-12-5-2-6-13-27/h1-6,8-9,12-18,20,22,29,32H,7,10-11,19,21,23H2,(H2,35,36). The zero-order valence-corrected chi connectivity index (χ0v) is 22.0. The van der Waals surface area contributed by atoms with Crippen molar-refractivity contribution in [1.82, 2.24) is 9.55 Å². The number of rotatable bonds is 8. The van der Waals surface area contributed by atoms with Crippen molar-refractivity contribution in [3.63, 3.8) is 0 Å². The zero-order valence-electron chi connectivity index (χ0n) is 22.0. The van der Waals surface area contributed by atoms with Gasteiger partial charge in [-0.25, -0.2) is 4.98 Å². The summed E-state index contributed by atoms with van der Waals surface area (Å²) in [6.45, 7) is 0.407. The first-order valence-electron chi connectivity index (χ1n) is 13.8. The fourth-order valence-electron chi connectivity index (χ4n) is 5.56. The average Bonchev–Trinajstić information content (AvgIpc) is 3.45. The van der Waals surface area contributed by atoms with Crippen LogP contribution in [-0.2, 0) is 24.1 Å². The first kappa shape index (κ1) is 25.1. The minimum Gasteiger partial charge on any atom is -0.369 e. The Kier molecular flexibility index (Phi) is 7.24. The lowest BCUT2D eigenvalue weighted by Crippen LogP contribution is -2.29. The molecule has 0 spiro atoms. The lowest BCUT2D eigenvalue weighted by molar-refractivity contribution is 0.0348.